The Hall–Kier alpha value is -2.24. The Morgan fingerprint density at radius 2 is 2.04 bits per heavy atom. The number of oxime groups is 1. The summed E-state index contributed by atoms with van der Waals surface area (Å²) in [6.45, 7) is 2.45. The zero-order valence-corrected chi connectivity index (χ0v) is 15.4. The van der Waals surface area contributed by atoms with Crippen molar-refractivity contribution < 1.29 is 19.1 Å². The smallest absolute Gasteiger partial charge is 0.263 e. The van der Waals surface area contributed by atoms with Gasteiger partial charge < -0.3 is 19.2 Å². The average molecular weight is 348 g/mol. The molecule has 0 heterocycles. The van der Waals surface area contributed by atoms with Crippen LogP contribution in [0, 0.1) is 0 Å². The maximum atomic E-state index is 12.2. The molecule has 2 rings (SSSR count). The van der Waals surface area contributed by atoms with Crippen LogP contribution in [-0.4, -0.2) is 50.4 Å². The molecule has 0 aromatic heterocycles. The zero-order valence-electron chi connectivity index (χ0n) is 15.4. The number of benzene rings is 1. The molecule has 0 radical (unpaired) electrons. The van der Waals surface area contributed by atoms with Gasteiger partial charge in [0.2, 0.25) is 0 Å². The number of rotatable bonds is 8. The summed E-state index contributed by atoms with van der Waals surface area (Å²) in [5.41, 5.74) is 0.813. The lowest BCUT2D eigenvalue weighted by Crippen LogP contribution is -2.40. The number of nitrogens with zero attached hydrogens (tertiary/aromatic N) is 2. The van der Waals surface area contributed by atoms with Gasteiger partial charge in [-0.25, -0.2) is 0 Å². The van der Waals surface area contributed by atoms with Crippen LogP contribution in [0.5, 0.6) is 11.5 Å². The summed E-state index contributed by atoms with van der Waals surface area (Å²) >= 11 is 0. The maximum Gasteiger partial charge on any atom is 0.263 e. The van der Waals surface area contributed by atoms with Crippen molar-refractivity contribution in [1.29, 1.82) is 0 Å². The Bertz CT molecular complexity index is 583. The molecule has 1 aliphatic carbocycles. The molecule has 0 atom stereocenters. The highest BCUT2D eigenvalue weighted by Crippen LogP contribution is 2.27. The van der Waals surface area contributed by atoms with E-state index >= 15 is 0 Å². The topological polar surface area (TPSA) is 60.4 Å². The van der Waals surface area contributed by atoms with Crippen molar-refractivity contribution in [1.82, 2.24) is 4.90 Å². The second-order valence-electron chi connectivity index (χ2n) is 6.15. The van der Waals surface area contributed by atoms with E-state index in [4.69, 9.17) is 14.3 Å². The van der Waals surface area contributed by atoms with Gasteiger partial charge in [0.1, 0.15) is 0 Å². The molecular weight excluding hydrogens is 320 g/mol. The van der Waals surface area contributed by atoms with Gasteiger partial charge in [-0.15, -0.1) is 0 Å². The van der Waals surface area contributed by atoms with Crippen molar-refractivity contribution in [2.24, 2.45) is 5.16 Å². The van der Waals surface area contributed by atoms with Crippen LogP contribution < -0.4 is 9.47 Å². The highest BCUT2D eigenvalue weighted by Gasteiger charge is 2.22. The van der Waals surface area contributed by atoms with E-state index in [-0.39, 0.29) is 12.5 Å². The van der Waals surface area contributed by atoms with E-state index in [1.54, 1.807) is 18.2 Å². The summed E-state index contributed by atoms with van der Waals surface area (Å²) in [6.07, 6.45) is 7.38. The van der Waals surface area contributed by atoms with Crippen LogP contribution in [-0.2, 0) is 9.63 Å². The van der Waals surface area contributed by atoms with E-state index in [1.165, 1.54) is 19.3 Å². The molecule has 0 N–H and O–H groups in total. The van der Waals surface area contributed by atoms with Crippen LogP contribution in [0.3, 0.4) is 0 Å². The molecule has 6 heteroatoms. The van der Waals surface area contributed by atoms with E-state index in [0.717, 1.165) is 18.4 Å². The van der Waals surface area contributed by atoms with Gasteiger partial charge >= 0.3 is 0 Å². The van der Waals surface area contributed by atoms with Crippen LogP contribution in [0.2, 0.25) is 0 Å². The van der Waals surface area contributed by atoms with Crippen LogP contribution in [0.4, 0.5) is 0 Å². The first kappa shape index (κ1) is 19.1. The number of likely N-dealkylation sites (N-methyl/N-ethyl adjacent to an activating group) is 1. The van der Waals surface area contributed by atoms with Crippen molar-refractivity contribution >= 4 is 12.1 Å². The van der Waals surface area contributed by atoms with Gasteiger partial charge in [-0.1, -0.05) is 24.4 Å². The fourth-order valence-electron chi connectivity index (χ4n) is 3.00. The Balaban J connectivity index is 1.83. The van der Waals surface area contributed by atoms with E-state index < -0.39 is 0 Å². The first-order valence-corrected chi connectivity index (χ1v) is 8.87. The maximum absolute atomic E-state index is 12.2. The molecule has 0 spiro atoms. The van der Waals surface area contributed by atoms with E-state index in [0.29, 0.717) is 24.1 Å². The third-order valence-electron chi connectivity index (χ3n) is 4.47. The fourth-order valence-corrected chi connectivity index (χ4v) is 3.00. The second kappa shape index (κ2) is 9.91. The summed E-state index contributed by atoms with van der Waals surface area (Å²) in [4.78, 5) is 19.1. The van der Waals surface area contributed by atoms with Crippen molar-refractivity contribution in [3.8, 4) is 11.5 Å². The molecule has 138 valence electrons. The predicted molar refractivity (Wildman–Crippen MR) is 97.4 cm³/mol. The number of amides is 1. The van der Waals surface area contributed by atoms with Gasteiger partial charge in [-0.05, 0) is 38.0 Å². The van der Waals surface area contributed by atoms with Gasteiger partial charge in [0, 0.05) is 18.7 Å². The Kier molecular flexibility index (Phi) is 7.57. The summed E-state index contributed by atoms with van der Waals surface area (Å²) in [7, 11) is 3.44. The lowest BCUT2D eigenvalue weighted by Gasteiger charge is -2.30. The predicted octanol–water partition coefficient (Wildman–Crippen LogP) is 3.24. The largest absolute Gasteiger partial charge is 0.493 e. The molecule has 0 saturated heterocycles. The minimum absolute atomic E-state index is 0.0340. The Labute approximate surface area is 149 Å². The van der Waals surface area contributed by atoms with Crippen LogP contribution in [0.1, 0.15) is 44.6 Å². The SMILES string of the molecule is CCOc1ccc(/C=N/OCC(=O)N(C)C2CCCCC2)cc1OC. The Morgan fingerprint density at radius 1 is 1.28 bits per heavy atom. The van der Waals surface area contributed by atoms with Crippen molar-refractivity contribution in [2.75, 3.05) is 27.4 Å². The zero-order chi connectivity index (χ0) is 18.1. The second-order valence-corrected chi connectivity index (χ2v) is 6.15. The van der Waals surface area contributed by atoms with Crippen molar-refractivity contribution in [2.45, 2.75) is 45.1 Å². The van der Waals surface area contributed by atoms with Crippen LogP contribution in [0.15, 0.2) is 23.4 Å². The van der Waals surface area contributed by atoms with Gasteiger partial charge in [0.25, 0.3) is 5.91 Å². The number of hydrogen-bond donors (Lipinski definition) is 0. The molecule has 6 nitrogen and oxygen atoms in total. The average Bonchev–Trinajstić information content (AvgIpc) is 2.66. The molecule has 1 fully saturated rings. The minimum Gasteiger partial charge on any atom is -0.493 e. The number of carbonyl (C=O) groups is 1. The highest BCUT2D eigenvalue weighted by molar-refractivity contribution is 5.81. The summed E-state index contributed by atoms with van der Waals surface area (Å²) < 4.78 is 10.8. The summed E-state index contributed by atoms with van der Waals surface area (Å²) in [5.74, 6) is 1.29. The Morgan fingerprint density at radius 3 is 2.72 bits per heavy atom. The number of methoxy groups -OCH3 is 1. The van der Waals surface area contributed by atoms with Gasteiger partial charge in [0.15, 0.2) is 18.1 Å². The normalized spacial score (nSPS) is 15.2. The summed E-state index contributed by atoms with van der Waals surface area (Å²) in [6, 6.07) is 5.83. The van der Waals surface area contributed by atoms with Gasteiger partial charge in [0.05, 0.1) is 19.9 Å². The lowest BCUT2D eigenvalue weighted by atomic mass is 9.94. The molecule has 1 amide bonds. The van der Waals surface area contributed by atoms with Crippen molar-refractivity contribution in [3.05, 3.63) is 23.8 Å². The number of ether oxygens (including phenoxy) is 2. The quantitative estimate of drug-likeness (QED) is 0.534. The molecular formula is C19H28N2O4. The standard InChI is InChI=1S/C19H28N2O4/c1-4-24-17-11-10-15(12-18(17)23-3)13-20-25-14-19(22)21(2)16-8-6-5-7-9-16/h10-13,16H,4-9,14H2,1-3H3/b20-13+. The van der Waals surface area contributed by atoms with Crippen LogP contribution >= 0.6 is 0 Å². The number of carbonyl (C=O) groups excluding carboxylic acids is 1. The van der Waals surface area contributed by atoms with Crippen molar-refractivity contribution in [3.63, 3.8) is 0 Å². The van der Waals surface area contributed by atoms with E-state index in [9.17, 15) is 4.79 Å². The molecule has 0 aliphatic heterocycles. The fraction of sp³-hybridized carbons (Fsp3) is 0.579. The van der Waals surface area contributed by atoms with E-state index in [1.807, 2.05) is 32.2 Å². The molecule has 1 aromatic rings. The molecule has 1 aromatic carbocycles. The molecule has 1 aliphatic rings. The van der Waals surface area contributed by atoms with Crippen LogP contribution in [0.25, 0.3) is 0 Å². The molecule has 0 bridgehead atoms. The summed E-state index contributed by atoms with van der Waals surface area (Å²) in [5, 5.41) is 3.89. The highest BCUT2D eigenvalue weighted by atomic mass is 16.6. The first-order chi connectivity index (χ1) is 12.2. The monoisotopic (exact) mass is 348 g/mol. The third-order valence-corrected chi connectivity index (χ3v) is 4.47. The minimum atomic E-state index is -0.0440. The van der Waals surface area contributed by atoms with Gasteiger partial charge in [-0.3, -0.25) is 4.79 Å². The first-order valence-electron chi connectivity index (χ1n) is 8.87. The molecule has 0 unspecified atom stereocenters. The van der Waals surface area contributed by atoms with Gasteiger partial charge in [-0.2, -0.15) is 0 Å². The lowest BCUT2D eigenvalue weighted by molar-refractivity contribution is -0.137. The van der Waals surface area contributed by atoms with E-state index in [2.05, 4.69) is 5.16 Å². The molecule has 25 heavy (non-hydrogen) atoms. The molecule has 1 saturated carbocycles. The number of hydrogen-bond acceptors (Lipinski definition) is 5. The third kappa shape index (κ3) is 5.66.